The van der Waals surface area contributed by atoms with E-state index in [0.717, 1.165) is 11.3 Å². The van der Waals surface area contributed by atoms with Gasteiger partial charge in [-0.05, 0) is 0 Å². The molecule has 3 heteroatoms. The van der Waals surface area contributed by atoms with E-state index in [4.69, 9.17) is 0 Å². The fraction of sp³-hybridized carbons (Fsp3) is 0.286. The fourth-order valence-electron chi connectivity index (χ4n) is 1.07. The molecule has 0 unspecified atom stereocenters. The van der Waals surface area contributed by atoms with E-state index in [2.05, 4.69) is 9.98 Å². The first kappa shape index (κ1) is 5.53. The van der Waals surface area contributed by atoms with Crippen molar-refractivity contribution in [3.63, 3.8) is 0 Å². The van der Waals surface area contributed by atoms with Gasteiger partial charge in [0.25, 0.3) is 0 Å². The summed E-state index contributed by atoms with van der Waals surface area (Å²) in [4.78, 5) is 18.7. The highest BCUT2D eigenvalue weighted by atomic mass is 16.1. The predicted octanol–water partition coefficient (Wildman–Crippen LogP) is 0.368. The first-order valence-corrected chi connectivity index (χ1v) is 3.15. The van der Waals surface area contributed by atoms with Crippen LogP contribution in [-0.2, 0) is 4.79 Å². The van der Waals surface area contributed by atoms with E-state index in [1.807, 2.05) is 0 Å². The number of rotatable bonds is 0. The Balaban J connectivity index is 2.39. The molecule has 2 heterocycles. The van der Waals surface area contributed by atoms with Gasteiger partial charge in [0.1, 0.15) is 0 Å². The number of fused-ring (bicyclic) bond motifs is 1. The molecule has 0 aliphatic carbocycles. The molecule has 0 spiro atoms. The van der Waals surface area contributed by atoms with Gasteiger partial charge >= 0.3 is 0 Å². The van der Waals surface area contributed by atoms with Gasteiger partial charge in [-0.1, -0.05) is 0 Å². The van der Waals surface area contributed by atoms with Crippen molar-refractivity contribution < 1.29 is 4.79 Å². The van der Waals surface area contributed by atoms with Crippen molar-refractivity contribution in [1.82, 2.24) is 0 Å². The first-order valence-electron chi connectivity index (χ1n) is 3.15. The molecule has 3 nitrogen and oxygen atoms in total. The summed E-state index contributed by atoms with van der Waals surface area (Å²) >= 11 is 0. The van der Waals surface area contributed by atoms with E-state index in [-0.39, 0.29) is 5.78 Å². The van der Waals surface area contributed by atoms with Crippen LogP contribution < -0.4 is 0 Å². The van der Waals surface area contributed by atoms with Crippen LogP contribution in [0.15, 0.2) is 21.8 Å². The van der Waals surface area contributed by atoms with Crippen molar-refractivity contribution in [2.45, 2.75) is 6.42 Å². The SMILES string of the molecule is O=C1CN=C2C=NC=C2C1. The molecule has 2 aliphatic rings. The third-order valence-electron chi connectivity index (χ3n) is 1.57. The Bertz CT molecular complexity index is 273. The highest BCUT2D eigenvalue weighted by Gasteiger charge is 2.17. The minimum atomic E-state index is 0.181. The van der Waals surface area contributed by atoms with Crippen molar-refractivity contribution >= 4 is 17.7 Å². The zero-order chi connectivity index (χ0) is 6.97. The molecular weight excluding hydrogens is 128 g/mol. The minimum absolute atomic E-state index is 0.181. The number of hydrogen-bond acceptors (Lipinski definition) is 3. The molecule has 0 radical (unpaired) electrons. The van der Waals surface area contributed by atoms with Gasteiger partial charge in [-0.2, -0.15) is 0 Å². The van der Waals surface area contributed by atoms with Gasteiger partial charge in [0, 0.05) is 18.2 Å². The van der Waals surface area contributed by atoms with Gasteiger partial charge in [0.05, 0.1) is 18.5 Å². The van der Waals surface area contributed by atoms with E-state index in [1.165, 1.54) is 0 Å². The Morgan fingerprint density at radius 3 is 3.30 bits per heavy atom. The Kier molecular flexibility index (Phi) is 1.03. The van der Waals surface area contributed by atoms with Gasteiger partial charge in [-0.3, -0.25) is 14.8 Å². The molecule has 50 valence electrons. The van der Waals surface area contributed by atoms with Crippen molar-refractivity contribution in [2.24, 2.45) is 9.98 Å². The number of ketones is 1. The molecule has 0 aromatic heterocycles. The van der Waals surface area contributed by atoms with Crippen LogP contribution in [0.2, 0.25) is 0 Å². The molecule has 2 rings (SSSR count). The maximum absolute atomic E-state index is 10.8. The molecule has 0 bridgehead atoms. The van der Waals surface area contributed by atoms with Crippen molar-refractivity contribution in [3.05, 3.63) is 11.8 Å². The molecule has 0 aromatic rings. The molecule has 2 aliphatic heterocycles. The highest BCUT2D eigenvalue weighted by molar-refractivity contribution is 6.41. The summed E-state index contributed by atoms with van der Waals surface area (Å²) in [5.41, 5.74) is 1.86. The highest BCUT2D eigenvalue weighted by Crippen LogP contribution is 2.13. The lowest BCUT2D eigenvalue weighted by atomic mass is 10.0. The normalized spacial score (nSPS) is 22.2. The Labute approximate surface area is 58.2 Å². The van der Waals surface area contributed by atoms with Crippen molar-refractivity contribution in [3.8, 4) is 0 Å². The Morgan fingerprint density at radius 2 is 2.40 bits per heavy atom. The van der Waals surface area contributed by atoms with Crippen LogP contribution in [0.1, 0.15) is 6.42 Å². The zero-order valence-electron chi connectivity index (χ0n) is 5.37. The summed E-state index contributed by atoms with van der Waals surface area (Å²) in [7, 11) is 0. The number of allylic oxidation sites excluding steroid dienone is 1. The van der Waals surface area contributed by atoms with Crippen LogP contribution in [0.25, 0.3) is 0 Å². The number of aliphatic imine (C=N–C) groups is 2. The molecule has 0 fully saturated rings. The van der Waals surface area contributed by atoms with Gasteiger partial charge < -0.3 is 0 Å². The van der Waals surface area contributed by atoms with Gasteiger partial charge in [0.2, 0.25) is 0 Å². The second-order valence-electron chi connectivity index (χ2n) is 2.35. The van der Waals surface area contributed by atoms with E-state index in [1.54, 1.807) is 12.4 Å². The molecular formula is C7H6N2O. The lowest BCUT2D eigenvalue weighted by Gasteiger charge is -2.06. The molecule has 10 heavy (non-hydrogen) atoms. The van der Waals surface area contributed by atoms with Crippen LogP contribution in [0, 0.1) is 0 Å². The summed E-state index contributed by atoms with van der Waals surface area (Å²) in [6.45, 7) is 0.332. The molecule has 0 aromatic carbocycles. The second kappa shape index (κ2) is 1.87. The maximum Gasteiger partial charge on any atom is 0.158 e. The molecule has 0 saturated carbocycles. The molecule has 0 atom stereocenters. The van der Waals surface area contributed by atoms with Crippen LogP contribution in [0.4, 0.5) is 0 Å². The quantitative estimate of drug-likeness (QED) is 0.472. The van der Waals surface area contributed by atoms with Crippen LogP contribution in [0.5, 0.6) is 0 Å². The Hall–Kier alpha value is -1.25. The maximum atomic E-state index is 10.8. The number of nitrogens with zero attached hydrogens (tertiary/aromatic N) is 2. The molecule has 0 amide bonds. The van der Waals surface area contributed by atoms with Crippen LogP contribution >= 0.6 is 0 Å². The lowest BCUT2D eigenvalue weighted by molar-refractivity contribution is -0.117. The Morgan fingerprint density at radius 1 is 1.50 bits per heavy atom. The standard InChI is InChI=1S/C7H6N2O/c10-6-1-5-2-8-4-7(5)9-3-6/h2,4H,1,3H2. The predicted molar refractivity (Wildman–Crippen MR) is 38.5 cm³/mol. The molecule has 0 saturated heterocycles. The molecule has 0 N–H and O–H groups in total. The van der Waals surface area contributed by atoms with E-state index < -0.39 is 0 Å². The summed E-state index contributed by atoms with van der Waals surface area (Å²) < 4.78 is 0. The van der Waals surface area contributed by atoms with Gasteiger partial charge in [0.15, 0.2) is 5.78 Å². The summed E-state index contributed by atoms with van der Waals surface area (Å²) in [6, 6.07) is 0. The van der Waals surface area contributed by atoms with Gasteiger partial charge in [-0.25, -0.2) is 0 Å². The number of hydrogen-bond donors (Lipinski definition) is 0. The summed E-state index contributed by atoms with van der Waals surface area (Å²) in [5.74, 6) is 0.181. The second-order valence-corrected chi connectivity index (χ2v) is 2.35. The average Bonchev–Trinajstić information content (AvgIpc) is 2.33. The first-order chi connectivity index (χ1) is 4.86. The monoisotopic (exact) mass is 134 g/mol. The van der Waals surface area contributed by atoms with E-state index >= 15 is 0 Å². The smallest absolute Gasteiger partial charge is 0.158 e. The van der Waals surface area contributed by atoms with Crippen molar-refractivity contribution in [1.29, 1.82) is 0 Å². The summed E-state index contributed by atoms with van der Waals surface area (Å²) in [5, 5.41) is 0. The van der Waals surface area contributed by atoms with Crippen molar-refractivity contribution in [2.75, 3.05) is 6.54 Å². The number of Topliss-reactive ketones (excluding diaryl/α,β-unsaturated/α-hetero) is 1. The largest absolute Gasteiger partial charge is 0.297 e. The fourth-order valence-corrected chi connectivity index (χ4v) is 1.07. The topological polar surface area (TPSA) is 41.8 Å². The third kappa shape index (κ3) is 0.708. The number of carbonyl (C=O) groups excluding carboxylic acids is 1. The summed E-state index contributed by atoms with van der Waals surface area (Å²) in [6.07, 6.45) is 3.91. The zero-order valence-corrected chi connectivity index (χ0v) is 5.37. The third-order valence-corrected chi connectivity index (χ3v) is 1.57. The van der Waals surface area contributed by atoms with E-state index in [0.29, 0.717) is 13.0 Å². The van der Waals surface area contributed by atoms with Gasteiger partial charge in [-0.15, -0.1) is 0 Å². The van der Waals surface area contributed by atoms with E-state index in [9.17, 15) is 4.79 Å². The average molecular weight is 134 g/mol. The lowest BCUT2D eigenvalue weighted by Crippen LogP contribution is -2.16. The van der Waals surface area contributed by atoms with Crippen LogP contribution in [0.3, 0.4) is 0 Å². The minimum Gasteiger partial charge on any atom is -0.297 e. The number of carbonyl (C=O) groups is 1. The van der Waals surface area contributed by atoms with Crippen LogP contribution in [-0.4, -0.2) is 24.3 Å².